The van der Waals surface area contributed by atoms with Crippen LogP contribution >= 0.6 is 0 Å². The fraction of sp³-hybridized carbons (Fsp3) is 0.810. The summed E-state index contributed by atoms with van der Waals surface area (Å²) in [4.78, 5) is 18.3. The minimum atomic E-state index is -0.473. The molecule has 0 unspecified atom stereocenters. The number of guanidine groups is 1. The molecule has 2 N–H and O–H groups in total. The fourth-order valence-electron chi connectivity index (χ4n) is 3.42. The summed E-state index contributed by atoms with van der Waals surface area (Å²) in [5.74, 6) is 1.92. The van der Waals surface area contributed by atoms with Gasteiger partial charge in [0.05, 0.1) is 6.10 Å². The molecule has 1 aliphatic heterocycles. The zero-order chi connectivity index (χ0) is 22.7. The van der Waals surface area contributed by atoms with Gasteiger partial charge < -0.3 is 29.6 Å². The number of carbonyl (C=O) groups is 1. The zero-order valence-electron chi connectivity index (χ0n) is 19.7. The van der Waals surface area contributed by atoms with Crippen molar-refractivity contribution in [1.82, 2.24) is 30.3 Å². The first kappa shape index (κ1) is 24.9. The standard InChI is InChI=1S/C21H39N7O3/c1-6-18-26-25-16-28(18)14-11-23-19(22-5)27-12-8-17(9-13-27)30-15-7-10-24-20(29)31-21(2,3)4/h16-17H,6-15H2,1-5H3,(H,22,23)(H,24,29). The van der Waals surface area contributed by atoms with E-state index in [-0.39, 0.29) is 12.2 Å². The number of ether oxygens (including phenoxy) is 2. The van der Waals surface area contributed by atoms with E-state index >= 15 is 0 Å². The largest absolute Gasteiger partial charge is 0.444 e. The first-order valence-corrected chi connectivity index (χ1v) is 11.2. The number of aromatic nitrogens is 3. The number of aryl methyl sites for hydroxylation is 1. The SMILES string of the molecule is CCc1nncn1CCNC(=NC)N1CCC(OCCCNC(=O)OC(C)(C)C)CC1. The number of hydrogen-bond donors (Lipinski definition) is 2. The van der Waals surface area contributed by atoms with Gasteiger partial charge in [-0.1, -0.05) is 6.92 Å². The third-order valence-corrected chi connectivity index (χ3v) is 4.94. The van der Waals surface area contributed by atoms with Gasteiger partial charge in [0.1, 0.15) is 17.8 Å². The molecule has 10 nitrogen and oxygen atoms in total. The molecule has 0 saturated carbocycles. The molecule has 1 aromatic heterocycles. The monoisotopic (exact) mass is 437 g/mol. The lowest BCUT2D eigenvalue weighted by atomic mass is 10.1. The highest BCUT2D eigenvalue weighted by molar-refractivity contribution is 5.79. The molecule has 0 aromatic carbocycles. The highest BCUT2D eigenvalue weighted by atomic mass is 16.6. The van der Waals surface area contributed by atoms with E-state index in [0.29, 0.717) is 13.2 Å². The van der Waals surface area contributed by atoms with Crippen LogP contribution in [0.2, 0.25) is 0 Å². The van der Waals surface area contributed by atoms with E-state index in [0.717, 1.165) is 63.6 Å². The van der Waals surface area contributed by atoms with Crippen LogP contribution in [0.15, 0.2) is 11.3 Å². The summed E-state index contributed by atoms with van der Waals surface area (Å²) in [6.45, 7) is 12.2. The van der Waals surface area contributed by atoms with Gasteiger partial charge in [0.15, 0.2) is 5.96 Å². The Morgan fingerprint density at radius 1 is 1.26 bits per heavy atom. The maximum absolute atomic E-state index is 11.6. The molecule has 0 atom stereocenters. The van der Waals surface area contributed by atoms with Gasteiger partial charge in [-0.15, -0.1) is 10.2 Å². The van der Waals surface area contributed by atoms with Crippen molar-refractivity contribution < 1.29 is 14.3 Å². The Hall–Kier alpha value is -2.36. The van der Waals surface area contributed by atoms with Gasteiger partial charge in [-0.3, -0.25) is 4.99 Å². The summed E-state index contributed by atoms with van der Waals surface area (Å²) >= 11 is 0. The van der Waals surface area contributed by atoms with Gasteiger partial charge in [0, 0.05) is 52.8 Å². The molecule has 2 heterocycles. The van der Waals surface area contributed by atoms with Crippen LogP contribution in [0.5, 0.6) is 0 Å². The van der Waals surface area contributed by atoms with Crippen LogP contribution in [0.25, 0.3) is 0 Å². The molecule has 10 heteroatoms. The average Bonchev–Trinajstić information content (AvgIpc) is 3.18. The normalized spacial score (nSPS) is 15.8. The number of piperidine rings is 1. The summed E-state index contributed by atoms with van der Waals surface area (Å²) in [6, 6.07) is 0. The van der Waals surface area contributed by atoms with Crippen molar-refractivity contribution in [2.24, 2.45) is 4.99 Å². The summed E-state index contributed by atoms with van der Waals surface area (Å²) in [6.07, 6.45) is 5.21. The van der Waals surface area contributed by atoms with Crippen molar-refractivity contribution >= 4 is 12.1 Å². The number of carbonyl (C=O) groups excluding carboxylic acids is 1. The highest BCUT2D eigenvalue weighted by Crippen LogP contribution is 2.14. The van der Waals surface area contributed by atoms with E-state index in [1.807, 2.05) is 27.8 Å². The van der Waals surface area contributed by atoms with E-state index < -0.39 is 5.60 Å². The van der Waals surface area contributed by atoms with E-state index in [1.165, 1.54) is 0 Å². The minimum Gasteiger partial charge on any atom is -0.444 e. The maximum Gasteiger partial charge on any atom is 0.407 e. The molecule has 1 fully saturated rings. The molecule has 176 valence electrons. The molecule has 0 spiro atoms. The van der Waals surface area contributed by atoms with Gasteiger partial charge in [-0.2, -0.15) is 0 Å². The van der Waals surface area contributed by atoms with Gasteiger partial charge >= 0.3 is 6.09 Å². The van der Waals surface area contributed by atoms with Crippen LogP contribution < -0.4 is 10.6 Å². The van der Waals surface area contributed by atoms with Crippen molar-refractivity contribution in [3.05, 3.63) is 12.2 Å². The Labute approximate surface area is 185 Å². The van der Waals surface area contributed by atoms with Crippen molar-refractivity contribution in [2.75, 3.05) is 39.8 Å². The molecule has 0 aliphatic carbocycles. The summed E-state index contributed by atoms with van der Waals surface area (Å²) in [5.41, 5.74) is -0.473. The lowest BCUT2D eigenvalue weighted by Crippen LogP contribution is -2.47. The Balaban J connectivity index is 1.58. The molecule has 1 amide bonds. The van der Waals surface area contributed by atoms with E-state index in [4.69, 9.17) is 9.47 Å². The van der Waals surface area contributed by atoms with E-state index in [9.17, 15) is 4.79 Å². The molecular formula is C21H39N7O3. The average molecular weight is 438 g/mol. The molecule has 0 radical (unpaired) electrons. The molecule has 2 rings (SSSR count). The number of rotatable bonds is 9. The van der Waals surface area contributed by atoms with Crippen LogP contribution in [0.4, 0.5) is 4.79 Å². The number of nitrogens with one attached hydrogen (secondary N) is 2. The smallest absolute Gasteiger partial charge is 0.407 e. The third-order valence-electron chi connectivity index (χ3n) is 4.94. The zero-order valence-corrected chi connectivity index (χ0v) is 19.7. The van der Waals surface area contributed by atoms with Crippen LogP contribution in [-0.4, -0.2) is 83.3 Å². The summed E-state index contributed by atoms with van der Waals surface area (Å²) in [7, 11) is 1.82. The Bertz CT molecular complexity index is 691. The second kappa shape index (κ2) is 12.5. The van der Waals surface area contributed by atoms with Crippen molar-refractivity contribution in [3.63, 3.8) is 0 Å². The minimum absolute atomic E-state index is 0.250. The van der Waals surface area contributed by atoms with E-state index in [1.54, 1.807) is 6.33 Å². The van der Waals surface area contributed by atoms with Gasteiger partial charge in [-0.05, 0) is 40.0 Å². The van der Waals surface area contributed by atoms with Gasteiger partial charge in [0.25, 0.3) is 0 Å². The molecule has 1 saturated heterocycles. The summed E-state index contributed by atoms with van der Waals surface area (Å²) in [5, 5.41) is 14.3. The Morgan fingerprint density at radius 2 is 2.00 bits per heavy atom. The maximum atomic E-state index is 11.6. The fourth-order valence-corrected chi connectivity index (χ4v) is 3.42. The van der Waals surface area contributed by atoms with Crippen molar-refractivity contribution in [1.29, 1.82) is 0 Å². The molecular weight excluding hydrogens is 398 g/mol. The first-order valence-electron chi connectivity index (χ1n) is 11.2. The molecule has 0 bridgehead atoms. The molecule has 31 heavy (non-hydrogen) atoms. The number of alkyl carbamates (subject to hydrolysis) is 1. The van der Waals surface area contributed by atoms with Crippen LogP contribution in [0.1, 0.15) is 52.8 Å². The van der Waals surface area contributed by atoms with Crippen molar-refractivity contribution in [3.8, 4) is 0 Å². The predicted octanol–water partition coefficient (Wildman–Crippen LogP) is 1.81. The van der Waals surface area contributed by atoms with Crippen LogP contribution in [0.3, 0.4) is 0 Å². The summed E-state index contributed by atoms with van der Waals surface area (Å²) < 4.78 is 13.3. The number of amides is 1. The second-order valence-electron chi connectivity index (χ2n) is 8.61. The number of hydrogen-bond acceptors (Lipinski definition) is 6. The Kier molecular flexibility index (Phi) is 10.0. The van der Waals surface area contributed by atoms with Gasteiger partial charge in [-0.25, -0.2) is 4.79 Å². The van der Waals surface area contributed by atoms with Gasteiger partial charge in [0.2, 0.25) is 0 Å². The highest BCUT2D eigenvalue weighted by Gasteiger charge is 2.22. The molecule has 1 aromatic rings. The third kappa shape index (κ3) is 9.12. The number of aliphatic imine (C=N–C) groups is 1. The van der Waals surface area contributed by atoms with Crippen LogP contribution in [-0.2, 0) is 22.4 Å². The van der Waals surface area contributed by atoms with Crippen LogP contribution in [0, 0.1) is 0 Å². The number of likely N-dealkylation sites (tertiary alicyclic amines) is 1. The first-order chi connectivity index (χ1) is 14.8. The Morgan fingerprint density at radius 3 is 2.65 bits per heavy atom. The number of nitrogens with zero attached hydrogens (tertiary/aromatic N) is 5. The van der Waals surface area contributed by atoms with E-state index in [2.05, 4.69) is 42.2 Å². The lowest BCUT2D eigenvalue weighted by Gasteiger charge is -2.34. The molecule has 1 aliphatic rings. The van der Waals surface area contributed by atoms with Crippen molar-refractivity contribution in [2.45, 2.75) is 71.6 Å². The predicted molar refractivity (Wildman–Crippen MR) is 120 cm³/mol. The lowest BCUT2D eigenvalue weighted by molar-refractivity contribution is 0.0170. The topological polar surface area (TPSA) is 106 Å². The quantitative estimate of drug-likeness (QED) is 0.345. The second-order valence-corrected chi connectivity index (χ2v) is 8.61.